The van der Waals surface area contributed by atoms with Crippen molar-refractivity contribution in [1.29, 1.82) is 0 Å². The van der Waals surface area contributed by atoms with Crippen molar-refractivity contribution in [2.24, 2.45) is 11.8 Å². The minimum absolute atomic E-state index is 0.0144. The molecule has 1 unspecified atom stereocenters. The smallest absolute Gasteiger partial charge is 0.315 e. The third-order valence-corrected chi connectivity index (χ3v) is 5.20. The van der Waals surface area contributed by atoms with Gasteiger partial charge in [0.25, 0.3) is 0 Å². The zero-order chi connectivity index (χ0) is 15.3. The van der Waals surface area contributed by atoms with Crippen LogP contribution >= 0.6 is 0 Å². The minimum atomic E-state index is -0.448. The molecule has 0 bridgehead atoms. The second-order valence-electron chi connectivity index (χ2n) is 6.90. The van der Waals surface area contributed by atoms with E-state index in [1.54, 1.807) is 0 Å². The first-order valence-electron chi connectivity index (χ1n) is 8.46. The van der Waals surface area contributed by atoms with E-state index >= 15 is 0 Å². The fourth-order valence-electron chi connectivity index (χ4n) is 3.28. The molecule has 0 spiro atoms. The van der Waals surface area contributed by atoms with Crippen molar-refractivity contribution >= 4 is 6.03 Å². The predicted molar refractivity (Wildman–Crippen MR) is 84.2 cm³/mol. The Hall–Kier alpha value is -0.810. The van der Waals surface area contributed by atoms with Gasteiger partial charge in [-0.1, -0.05) is 6.92 Å². The Morgan fingerprint density at radius 3 is 2.48 bits per heavy atom. The highest BCUT2D eigenvalue weighted by atomic mass is 16.3. The Morgan fingerprint density at radius 2 is 1.95 bits per heavy atom. The first-order valence-corrected chi connectivity index (χ1v) is 8.46. The van der Waals surface area contributed by atoms with Gasteiger partial charge in [0.05, 0.1) is 12.1 Å². The summed E-state index contributed by atoms with van der Waals surface area (Å²) in [5, 5.41) is 15.4. The Bertz CT molecular complexity index is 338. The third-order valence-electron chi connectivity index (χ3n) is 5.20. The Labute approximate surface area is 128 Å². The summed E-state index contributed by atoms with van der Waals surface area (Å²) in [6.45, 7) is 8.42. The molecule has 2 aliphatic rings. The number of urea groups is 1. The van der Waals surface area contributed by atoms with E-state index in [1.165, 1.54) is 25.9 Å². The SMILES string of the molecule is CCN1CCC(CCNC(=O)NC(C)(CO)C2CC2)CC1. The summed E-state index contributed by atoms with van der Waals surface area (Å²) in [5.41, 5.74) is -0.448. The van der Waals surface area contributed by atoms with Crippen LogP contribution in [-0.4, -0.2) is 54.4 Å². The Balaban J connectivity index is 1.61. The van der Waals surface area contributed by atoms with Gasteiger partial charge in [-0.25, -0.2) is 4.79 Å². The number of carbonyl (C=O) groups is 1. The molecule has 1 heterocycles. The van der Waals surface area contributed by atoms with Crippen LogP contribution in [0.3, 0.4) is 0 Å². The lowest BCUT2D eigenvalue weighted by atomic mass is 9.93. The van der Waals surface area contributed by atoms with Crippen LogP contribution in [0, 0.1) is 11.8 Å². The second kappa shape index (κ2) is 7.45. The molecule has 1 saturated carbocycles. The maximum atomic E-state index is 11.9. The number of nitrogens with one attached hydrogen (secondary N) is 2. The molecule has 2 fully saturated rings. The van der Waals surface area contributed by atoms with Gasteiger partial charge < -0.3 is 20.6 Å². The molecule has 1 aliphatic heterocycles. The lowest BCUT2D eigenvalue weighted by Gasteiger charge is -2.31. The van der Waals surface area contributed by atoms with Gasteiger partial charge >= 0.3 is 6.03 Å². The average Bonchev–Trinajstić information content (AvgIpc) is 3.33. The molecule has 122 valence electrons. The molecule has 2 amide bonds. The predicted octanol–water partition coefficient (Wildman–Crippen LogP) is 1.57. The van der Waals surface area contributed by atoms with E-state index in [-0.39, 0.29) is 12.6 Å². The number of amides is 2. The van der Waals surface area contributed by atoms with Crippen LogP contribution in [0.5, 0.6) is 0 Å². The van der Waals surface area contributed by atoms with Crippen molar-refractivity contribution in [3.8, 4) is 0 Å². The van der Waals surface area contributed by atoms with Crippen LogP contribution in [0.15, 0.2) is 0 Å². The average molecular weight is 297 g/mol. The Kier molecular flexibility index (Phi) is 5.88. The van der Waals surface area contributed by atoms with E-state index in [1.807, 2.05) is 6.92 Å². The zero-order valence-electron chi connectivity index (χ0n) is 13.5. The van der Waals surface area contributed by atoms with Crippen LogP contribution in [-0.2, 0) is 0 Å². The minimum Gasteiger partial charge on any atom is -0.394 e. The van der Waals surface area contributed by atoms with E-state index in [2.05, 4.69) is 22.5 Å². The van der Waals surface area contributed by atoms with Crippen LogP contribution in [0.4, 0.5) is 4.79 Å². The van der Waals surface area contributed by atoms with Crippen molar-refractivity contribution < 1.29 is 9.90 Å². The molecule has 1 aliphatic carbocycles. The molecule has 0 aromatic rings. The molecule has 0 aromatic carbocycles. The highest BCUT2D eigenvalue weighted by Crippen LogP contribution is 2.39. The molecular formula is C16H31N3O2. The van der Waals surface area contributed by atoms with Gasteiger partial charge in [0.2, 0.25) is 0 Å². The standard InChI is InChI=1S/C16H31N3O2/c1-3-19-10-7-13(8-11-19)6-9-17-15(21)18-16(2,12-20)14-4-5-14/h13-14,20H,3-12H2,1-2H3,(H2,17,18,21). The van der Waals surface area contributed by atoms with Crippen LogP contribution in [0.2, 0.25) is 0 Å². The second-order valence-corrected chi connectivity index (χ2v) is 6.90. The maximum absolute atomic E-state index is 11.9. The number of aliphatic hydroxyl groups is 1. The molecule has 1 saturated heterocycles. The van der Waals surface area contributed by atoms with Crippen LogP contribution in [0.25, 0.3) is 0 Å². The summed E-state index contributed by atoms with van der Waals surface area (Å²) in [7, 11) is 0. The van der Waals surface area contributed by atoms with E-state index in [4.69, 9.17) is 0 Å². The summed E-state index contributed by atoms with van der Waals surface area (Å²) in [4.78, 5) is 14.4. The van der Waals surface area contributed by atoms with Gasteiger partial charge in [-0.05, 0) is 70.5 Å². The zero-order valence-corrected chi connectivity index (χ0v) is 13.5. The fourth-order valence-corrected chi connectivity index (χ4v) is 3.28. The fraction of sp³-hybridized carbons (Fsp3) is 0.938. The van der Waals surface area contributed by atoms with Gasteiger partial charge in [-0.2, -0.15) is 0 Å². The molecule has 0 radical (unpaired) electrons. The van der Waals surface area contributed by atoms with Crippen molar-refractivity contribution in [1.82, 2.24) is 15.5 Å². The highest BCUT2D eigenvalue weighted by molar-refractivity contribution is 5.74. The van der Waals surface area contributed by atoms with E-state index in [0.29, 0.717) is 5.92 Å². The molecule has 5 nitrogen and oxygen atoms in total. The maximum Gasteiger partial charge on any atom is 0.315 e. The first kappa shape index (κ1) is 16.6. The van der Waals surface area contributed by atoms with E-state index in [9.17, 15) is 9.90 Å². The topological polar surface area (TPSA) is 64.6 Å². The third kappa shape index (κ3) is 4.85. The van der Waals surface area contributed by atoms with Crippen molar-refractivity contribution in [2.75, 3.05) is 32.8 Å². The lowest BCUT2D eigenvalue weighted by Crippen LogP contribution is -2.54. The van der Waals surface area contributed by atoms with E-state index in [0.717, 1.165) is 38.3 Å². The molecule has 3 N–H and O–H groups in total. The van der Waals surface area contributed by atoms with Gasteiger partial charge in [0, 0.05) is 6.54 Å². The highest BCUT2D eigenvalue weighted by Gasteiger charge is 2.42. The molecular weight excluding hydrogens is 266 g/mol. The van der Waals surface area contributed by atoms with Gasteiger partial charge in [0.1, 0.15) is 0 Å². The lowest BCUT2D eigenvalue weighted by molar-refractivity contribution is 0.154. The number of rotatable bonds is 7. The molecule has 0 aromatic heterocycles. The van der Waals surface area contributed by atoms with Crippen molar-refractivity contribution in [3.05, 3.63) is 0 Å². The number of piperidine rings is 1. The molecule has 21 heavy (non-hydrogen) atoms. The number of aliphatic hydroxyl groups excluding tert-OH is 1. The molecule has 2 rings (SSSR count). The summed E-state index contributed by atoms with van der Waals surface area (Å²) in [5.74, 6) is 1.17. The van der Waals surface area contributed by atoms with Gasteiger partial charge in [0.15, 0.2) is 0 Å². The monoisotopic (exact) mass is 297 g/mol. The summed E-state index contributed by atoms with van der Waals surface area (Å²) >= 11 is 0. The van der Waals surface area contributed by atoms with Crippen molar-refractivity contribution in [2.45, 2.75) is 51.5 Å². The number of hydrogen-bond donors (Lipinski definition) is 3. The van der Waals surface area contributed by atoms with Crippen LogP contribution < -0.4 is 10.6 Å². The van der Waals surface area contributed by atoms with Gasteiger partial charge in [-0.15, -0.1) is 0 Å². The van der Waals surface area contributed by atoms with Crippen molar-refractivity contribution in [3.63, 3.8) is 0 Å². The number of likely N-dealkylation sites (tertiary alicyclic amines) is 1. The number of carbonyl (C=O) groups excluding carboxylic acids is 1. The van der Waals surface area contributed by atoms with E-state index < -0.39 is 5.54 Å². The molecule has 5 heteroatoms. The Morgan fingerprint density at radius 1 is 1.29 bits per heavy atom. The molecule has 1 atom stereocenters. The summed E-state index contributed by atoms with van der Waals surface area (Å²) in [6, 6.07) is -0.135. The summed E-state index contributed by atoms with van der Waals surface area (Å²) < 4.78 is 0. The summed E-state index contributed by atoms with van der Waals surface area (Å²) in [6.07, 6.45) is 5.76. The quantitative estimate of drug-likeness (QED) is 0.668. The normalized spacial score (nSPS) is 23.6. The first-order chi connectivity index (χ1) is 10.1. The number of nitrogens with zero attached hydrogens (tertiary/aromatic N) is 1. The van der Waals surface area contributed by atoms with Crippen LogP contribution in [0.1, 0.15) is 46.0 Å². The number of hydrogen-bond acceptors (Lipinski definition) is 3. The largest absolute Gasteiger partial charge is 0.394 e. The van der Waals surface area contributed by atoms with Gasteiger partial charge in [-0.3, -0.25) is 0 Å².